The number of anilines is 1. The molecule has 0 aromatic heterocycles. The molecular weight excluding hydrogens is 250 g/mol. The number of nitriles is 1. The Morgan fingerprint density at radius 2 is 2.28 bits per heavy atom. The van der Waals surface area contributed by atoms with E-state index in [1.165, 1.54) is 6.20 Å². The standard InChI is InChI=1S/C13H14ClN3O/c1-3-16-8-10(7-15)13(18)17-12-6-11(14)5-4-9(12)2/h4-6,8,16H,3H2,1-2H3,(H,17,18)/b10-8-. The summed E-state index contributed by atoms with van der Waals surface area (Å²) in [6.45, 7) is 4.38. The van der Waals surface area contributed by atoms with Gasteiger partial charge in [-0.1, -0.05) is 17.7 Å². The molecule has 0 bridgehead atoms. The second-order valence-corrected chi connectivity index (χ2v) is 4.08. The van der Waals surface area contributed by atoms with Crippen LogP contribution in [0.25, 0.3) is 0 Å². The predicted octanol–water partition coefficient (Wildman–Crippen LogP) is 2.60. The molecule has 0 saturated carbocycles. The average molecular weight is 264 g/mol. The average Bonchev–Trinajstić information content (AvgIpc) is 2.35. The normalized spacial score (nSPS) is 10.7. The van der Waals surface area contributed by atoms with Gasteiger partial charge in [-0.15, -0.1) is 0 Å². The van der Waals surface area contributed by atoms with Crippen molar-refractivity contribution in [3.8, 4) is 6.07 Å². The summed E-state index contributed by atoms with van der Waals surface area (Å²) in [7, 11) is 0. The van der Waals surface area contributed by atoms with Gasteiger partial charge in [-0.05, 0) is 31.5 Å². The van der Waals surface area contributed by atoms with Crippen molar-refractivity contribution in [3.63, 3.8) is 0 Å². The molecule has 4 nitrogen and oxygen atoms in total. The number of carbonyl (C=O) groups is 1. The van der Waals surface area contributed by atoms with Gasteiger partial charge in [-0.25, -0.2) is 0 Å². The molecule has 18 heavy (non-hydrogen) atoms. The molecule has 1 aromatic rings. The molecule has 0 aliphatic heterocycles. The van der Waals surface area contributed by atoms with Crippen LogP contribution in [0.15, 0.2) is 30.0 Å². The molecule has 0 saturated heterocycles. The van der Waals surface area contributed by atoms with Gasteiger partial charge in [0.2, 0.25) is 0 Å². The van der Waals surface area contributed by atoms with Crippen LogP contribution in [0.4, 0.5) is 5.69 Å². The minimum Gasteiger partial charge on any atom is -0.390 e. The van der Waals surface area contributed by atoms with Gasteiger partial charge in [0.05, 0.1) is 0 Å². The molecular formula is C13H14ClN3O. The van der Waals surface area contributed by atoms with Gasteiger partial charge in [0.25, 0.3) is 5.91 Å². The Morgan fingerprint density at radius 1 is 1.56 bits per heavy atom. The summed E-state index contributed by atoms with van der Waals surface area (Å²) in [6.07, 6.45) is 1.40. The highest BCUT2D eigenvalue weighted by Crippen LogP contribution is 2.20. The summed E-state index contributed by atoms with van der Waals surface area (Å²) in [5.41, 5.74) is 1.51. The summed E-state index contributed by atoms with van der Waals surface area (Å²) in [6, 6.07) is 7.04. The first-order valence-corrected chi connectivity index (χ1v) is 5.87. The molecule has 0 aliphatic carbocycles. The van der Waals surface area contributed by atoms with E-state index < -0.39 is 5.91 Å². The third-order valence-corrected chi connectivity index (χ3v) is 2.50. The minimum atomic E-state index is -0.455. The number of amides is 1. The van der Waals surface area contributed by atoms with E-state index in [1.807, 2.05) is 19.9 Å². The van der Waals surface area contributed by atoms with Crippen molar-refractivity contribution in [3.05, 3.63) is 40.6 Å². The van der Waals surface area contributed by atoms with Crippen LogP contribution in [0.1, 0.15) is 12.5 Å². The van der Waals surface area contributed by atoms with E-state index in [2.05, 4.69) is 10.6 Å². The molecule has 94 valence electrons. The van der Waals surface area contributed by atoms with Crippen LogP contribution in [-0.2, 0) is 4.79 Å². The lowest BCUT2D eigenvalue weighted by Crippen LogP contribution is -2.17. The Labute approximate surface area is 111 Å². The van der Waals surface area contributed by atoms with Gasteiger partial charge in [-0.2, -0.15) is 5.26 Å². The van der Waals surface area contributed by atoms with Crippen molar-refractivity contribution in [1.29, 1.82) is 5.26 Å². The molecule has 1 aromatic carbocycles. The first-order valence-electron chi connectivity index (χ1n) is 5.49. The second-order valence-electron chi connectivity index (χ2n) is 3.64. The minimum absolute atomic E-state index is 0.0243. The first kappa shape index (κ1) is 14.1. The maximum absolute atomic E-state index is 11.8. The Balaban J connectivity index is 2.87. The summed E-state index contributed by atoms with van der Waals surface area (Å²) >= 11 is 5.85. The van der Waals surface area contributed by atoms with E-state index in [0.717, 1.165) is 5.56 Å². The fraction of sp³-hybridized carbons (Fsp3) is 0.231. The number of benzene rings is 1. The van der Waals surface area contributed by atoms with E-state index in [0.29, 0.717) is 17.3 Å². The van der Waals surface area contributed by atoms with Crippen molar-refractivity contribution in [2.24, 2.45) is 0 Å². The number of nitrogens with zero attached hydrogens (tertiary/aromatic N) is 1. The molecule has 0 spiro atoms. The Bertz CT molecular complexity index is 517. The van der Waals surface area contributed by atoms with E-state index in [1.54, 1.807) is 18.2 Å². The number of hydrogen-bond donors (Lipinski definition) is 2. The summed E-state index contributed by atoms with van der Waals surface area (Å²) in [5.74, 6) is -0.455. The maximum Gasteiger partial charge on any atom is 0.267 e. The van der Waals surface area contributed by atoms with Crippen molar-refractivity contribution in [2.75, 3.05) is 11.9 Å². The van der Waals surface area contributed by atoms with E-state index in [-0.39, 0.29) is 5.57 Å². The smallest absolute Gasteiger partial charge is 0.267 e. The van der Waals surface area contributed by atoms with Crippen molar-refractivity contribution in [1.82, 2.24) is 5.32 Å². The largest absolute Gasteiger partial charge is 0.390 e. The fourth-order valence-electron chi connectivity index (χ4n) is 1.27. The third-order valence-electron chi connectivity index (χ3n) is 2.26. The second kappa shape index (κ2) is 6.67. The van der Waals surface area contributed by atoms with Crippen LogP contribution < -0.4 is 10.6 Å². The number of nitrogens with one attached hydrogen (secondary N) is 2. The zero-order valence-electron chi connectivity index (χ0n) is 10.2. The molecule has 0 unspecified atom stereocenters. The number of rotatable bonds is 4. The summed E-state index contributed by atoms with van der Waals surface area (Å²) < 4.78 is 0. The molecule has 5 heteroatoms. The van der Waals surface area contributed by atoms with Crippen LogP contribution in [0.5, 0.6) is 0 Å². The highest BCUT2D eigenvalue weighted by molar-refractivity contribution is 6.31. The van der Waals surface area contributed by atoms with E-state index in [4.69, 9.17) is 16.9 Å². The van der Waals surface area contributed by atoms with Gasteiger partial charge in [0.15, 0.2) is 0 Å². The van der Waals surface area contributed by atoms with Crippen molar-refractivity contribution >= 4 is 23.2 Å². The van der Waals surface area contributed by atoms with Crippen molar-refractivity contribution < 1.29 is 4.79 Å². The first-order chi connectivity index (χ1) is 8.58. The SMILES string of the molecule is CCN/C=C(/C#N)C(=O)Nc1cc(Cl)ccc1C. The van der Waals surface area contributed by atoms with E-state index in [9.17, 15) is 4.79 Å². The maximum atomic E-state index is 11.8. The predicted molar refractivity (Wildman–Crippen MR) is 72.2 cm³/mol. The van der Waals surface area contributed by atoms with Gasteiger partial charge < -0.3 is 10.6 Å². The number of halogens is 1. The highest BCUT2D eigenvalue weighted by Gasteiger charge is 2.10. The number of carbonyl (C=O) groups excluding carboxylic acids is 1. The molecule has 0 radical (unpaired) electrons. The molecule has 1 amide bonds. The lowest BCUT2D eigenvalue weighted by Gasteiger charge is -2.08. The molecule has 1 rings (SSSR count). The summed E-state index contributed by atoms with van der Waals surface area (Å²) in [5, 5.41) is 14.9. The van der Waals surface area contributed by atoms with Crippen LogP contribution in [-0.4, -0.2) is 12.5 Å². The van der Waals surface area contributed by atoms with Gasteiger partial charge in [0, 0.05) is 23.5 Å². The Morgan fingerprint density at radius 3 is 2.89 bits per heavy atom. The highest BCUT2D eigenvalue weighted by atomic mass is 35.5. The third kappa shape index (κ3) is 3.79. The zero-order chi connectivity index (χ0) is 13.5. The number of hydrogen-bond acceptors (Lipinski definition) is 3. The number of aryl methyl sites for hydroxylation is 1. The topological polar surface area (TPSA) is 64.9 Å². The molecule has 2 N–H and O–H groups in total. The van der Waals surface area contributed by atoms with Crippen LogP contribution in [0, 0.1) is 18.3 Å². The quantitative estimate of drug-likeness (QED) is 0.648. The molecule has 0 atom stereocenters. The molecule has 0 aliphatic rings. The Kier molecular flexibility index (Phi) is 5.22. The summed E-state index contributed by atoms with van der Waals surface area (Å²) in [4.78, 5) is 11.8. The monoisotopic (exact) mass is 263 g/mol. The van der Waals surface area contributed by atoms with E-state index >= 15 is 0 Å². The Hall–Kier alpha value is -1.99. The fourth-order valence-corrected chi connectivity index (χ4v) is 1.44. The van der Waals surface area contributed by atoms with Crippen molar-refractivity contribution in [2.45, 2.75) is 13.8 Å². The molecule has 0 heterocycles. The van der Waals surface area contributed by atoms with Crippen LogP contribution >= 0.6 is 11.6 Å². The molecule has 0 fully saturated rings. The van der Waals surface area contributed by atoms with Gasteiger partial charge in [0.1, 0.15) is 11.6 Å². The lowest BCUT2D eigenvalue weighted by atomic mass is 10.2. The van der Waals surface area contributed by atoms with Gasteiger partial charge >= 0.3 is 0 Å². The van der Waals surface area contributed by atoms with Gasteiger partial charge in [-0.3, -0.25) is 4.79 Å². The lowest BCUT2D eigenvalue weighted by molar-refractivity contribution is -0.112. The van der Waals surface area contributed by atoms with Crippen LogP contribution in [0.2, 0.25) is 5.02 Å². The van der Waals surface area contributed by atoms with Crippen LogP contribution in [0.3, 0.4) is 0 Å². The zero-order valence-corrected chi connectivity index (χ0v) is 11.0.